The highest BCUT2D eigenvalue weighted by Crippen LogP contribution is 2.43. The Morgan fingerprint density at radius 1 is 1.06 bits per heavy atom. The Morgan fingerprint density at radius 2 is 1.92 bits per heavy atom. The molecular weight excluding hydrogens is 456 g/mol. The van der Waals surface area contributed by atoms with Crippen LogP contribution in [-0.2, 0) is 0 Å². The number of aromatic nitrogens is 4. The van der Waals surface area contributed by atoms with Crippen LogP contribution in [0.4, 0.5) is 16.4 Å². The normalized spacial score (nSPS) is 19.3. The van der Waals surface area contributed by atoms with Gasteiger partial charge in [-0.3, -0.25) is 0 Å². The molecule has 0 radical (unpaired) electrons. The summed E-state index contributed by atoms with van der Waals surface area (Å²) in [6, 6.07) is 14.7. The molecule has 2 N–H and O–H groups in total. The van der Waals surface area contributed by atoms with Crippen LogP contribution in [0.15, 0.2) is 55.0 Å². The number of carboxylic acid groups (broad SMARTS) is 1. The first-order chi connectivity index (χ1) is 17.5. The van der Waals surface area contributed by atoms with Crippen LogP contribution in [0.1, 0.15) is 55.2 Å². The van der Waals surface area contributed by atoms with Gasteiger partial charge in [-0.25, -0.2) is 24.6 Å². The minimum absolute atomic E-state index is 0.00689. The van der Waals surface area contributed by atoms with Gasteiger partial charge < -0.3 is 14.8 Å². The minimum atomic E-state index is -1.23. The molecule has 6 rings (SSSR count). The number of amides is 1. The second-order valence-corrected chi connectivity index (χ2v) is 9.47. The predicted octanol–water partition coefficient (Wildman–Crippen LogP) is 5.14. The Balaban J connectivity index is 1.47. The molecule has 2 aliphatic carbocycles. The third-order valence-electron chi connectivity index (χ3n) is 7.08. The maximum absolute atomic E-state index is 12.3. The molecule has 2 aliphatic rings. The predicted molar refractivity (Wildman–Crippen MR) is 133 cm³/mol. The number of imidazole rings is 1. The van der Waals surface area contributed by atoms with E-state index in [1.54, 1.807) is 12.4 Å². The summed E-state index contributed by atoms with van der Waals surface area (Å²) in [7, 11) is 0. The van der Waals surface area contributed by atoms with Gasteiger partial charge in [-0.1, -0.05) is 6.07 Å². The first kappa shape index (κ1) is 22.2. The number of nitrogens with zero attached hydrogens (tertiary/aromatic N) is 6. The quantitative estimate of drug-likeness (QED) is 0.404. The molecule has 9 heteroatoms. The summed E-state index contributed by atoms with van der Waals surface area (Å²) in [5.41, 5.74) is 4.58. The lowest BCUT2D eigenvalue weighted by Gasteiger charge is -2.20. The number of anilines is 2. The van der Waals surface area contributed by atoms with E-state index in [4.69, 9.17) is 4.98 Å². The molecule has 3 aromatic heterocycles. The van der Waals surface area contributed by atoms with Crippen molar-refractivity contribution in [3.8, 4) is 17.3 Å². The largest absolute Gasteiger partial charge is 0.464 e. The van der Waals surface area contributed by atoms with E-state index >= 15 is 0 Å². The van der Waals surface area contributed by atoms with E-state index in [-0.39, 0.29) is 17.7 Å². The monoisotopic (exact) mass is 480 g/mol. The molecule has 0 spiro atoms. The molecular formula is C27H24N6O3. The van der Waals surface area contributed by atoms with Crippen molar-refractivity contribution in [1.29, 1.82) is 5.26 Å². The number of nitriles is 1. The molecule has 180 valence electrons. The number of fused-ring (bicyclic) bond motifs is 1. The summed E-state index contributed by atoms with van der Waals surface area (Å²) in [4.78, 5) is 26.8. The van der Waals surface area contributed by atoms with Gasteiger partial charge in [0.05, 0.1) is 46.8 Å². The molecule has 36 heavy (non-hydrogen) atoms. The van der Waals surface area contributed by atoms with Crippen LogP contribution in [-0.4, -0.2) is 41.9 Å². The first-order valence-corrected chi connectivity index (χ1v) is 12.1. The SMILES string of the molecule is N#Cc1ccnc(N(C(=O)O)c2cc(C3CC3)cc(-c3ccc4ncn([C@H]5CCC[C@@H]5O)c4c3)n2)c1. The Kier molecular flexibility index (Phi) is 5.38. The van der Waals surface area contributed by atoms with Gasteiger partial charge in [0.25, 0.3) is 0 Å². The lowest BCUT2D eigenvalue weighted by atomic mass is 10.0. The van der Waals surface area contributed by atoms with Gasteiger partial charge in [-0.2, -0.15) is 5.26 Å². The molecule has 0 bridgehead atoms. The third kappa shape index (κ3) is 3.95. The van der Waals surface area contributed by atoms with E-state index in [1.807, 2.05) is 34.9 Å². The smallest absolute Gasteiger partial charge is 0.418 e. The number of aliphatic hydroxyl groups is 1. The standard InChI is InChI=1S/C27H24N6O3/c28-14-16-8-9-29-25(10-16)33(27(35)36)26-13-19(17-4-5-17)11-21(31-26)18-6-7-20-23(12-18)32(15-30-20)22-2-1-3-24(22)34/h6-13,15,17,22,24,34H,1-5H2,(H,35,36)/t22-,24-/m0/s1. The number of carbonyl (C=O) groups is 1. The average Bonchev–Trinajstić information content (AvgIpc) is 3.53. The molecule has 1 aromatic carbocycles. The Morgan fingerprint density at radius 3 is 2.64 bits per heavy atom. The van der Waals surface area contributed by atoms with Gasteiger partial charge in [0.1, 0.15) is 11.6 Å². The zero-order valence-corrected chi connectivity index (χ0v) is 19.4. The molecule has 4 aromatic rings. The molecule has 3 heterocycles. The van der Waals surface area contributed by atoms with Gasteiger partial charge in [0.2, 0.25) is 0 Å². The topological polar surface area (TPSA) is 128 Å². The second-order valence-electron chi connectivity index (χ2n) is 9.47. The maximum atomic E-state index is 12.3. The molecule has 2 saturated carbocycles. The number of pyridine rings is 2. The van der Waals surface area contributed by atoms with Crippen LogP contribution in [0.5, 0.6) is 0 Å². The van der Waals surface area contributed by atoms with E-state index in [2.05, 4.69) is 9.97 Å². The summed E-state index contributed by atoms with van der Waals surface area (Å²) in [6.07, 6.45) is 6.33. The number of hydrogen-bond acceptors (Lipinski definition) is 6. The molecule has 0 aliphatic heterocycles. The van der Waals surface area contributed by atoms with Crippen LogP contribution < -0.4 is 4.90 Å². The van der Waals surface area contributed by atoms with Crippen molar-refractivity contribution in [2.24, 2.45) is 0 Å². The van der Waals surface area contributed by atoms with Crippen molar-refractivity contribution in [3.63, 3.8) is 0 Å². The Bertz CT molecular complexity index is 1520. The summed E-state index contributed by atoms with van der Waals surface area (Å²) in [5.74, 6) is 0.725. The lowest BCUT2D eigenvalue weighted by Crippen LogP contribution is -2.26. The van der Waals surface area contributed by atoms with Gasteiger partial charge in [-0.15, -0.1) is 0 Å². The van der Waals surface area contributed by atoms with Crippen molar-refractivity contribution >= 4 is 28.8 Å². The van der Waals surface area contributed by atoms with E-state index in [0.717, 1.165) is 59.2 Å². The lowest BCUT2D eigenvalue weighted by molar-refractivity contribution is 0.138. The maximum Gasteiger partial charge on any atom is 0.418 e. The summed E-state index contributed by atoms with van der Waals surface area (Å²) in [5, 5.41) is 29.8. The number of hydrogen-bond donors (Lipinski definition) is 2. The van der Waals surface area contributed by atoms with Crippen LogP contribution in [0.2, 0.25) is 0 Å². The van der Waals surface area contributed by atoms with Crippen molar-refractivity contribution in [2.75, 3.05) is 4.90 Å². The van der Waals surface area contributed by atoms with Crippen LogP contribution in [0.3, 0.4) is 0 Å². The fraction of sp³-hybridized carbons (Fsp3) is 0.296. The molecule has 9 nitrogen and oxygen atoms in total. The molecule has 1 amide bonds. The van der Waals surface area contributed by atoms with Gasteiger partial charge in [0.15, 0.2) is 0 Å². The zero-order chi connectivity index (χ0) is 24.8. The Labute approximate surface area is 207 Å². The third-order valence-corrected chi connectivity index (χ3v) is 7.08. The van der Waals surface area contributed by atoms with E-state index in [9.17, 15) is 20.3 Å². The first-order valence-electron chi connectivity index (χ1n) is 12.1. The van der Waals surface area contributed by atoms with E-state index in [1.165, 1.54) is 18.3 Å². The molecule has 2 atom stereocenters. The van der Waals surface area contributed by atoms with Crippen molar-refractivity contribution in [1.82, 2.24) is 19.5 Å². The van der Waals surface area contributed by atoms with Gasteiger partial charge in [0, 0.05) is 11.8 Å². The van der Waals surface area contributed by atoms with Crippen LogP contribution in [0.25, 0.3) is 22.3 Å². The fourth-order valence-corrected chi connectivity index (χ4v) is 5.07. The van der Waals surface area contributed by atoms with Crippen molar-refractivity contribution in [3.05, 3.63) is 66.1 Å². The molecule has 0 unspecified atom stereocenters. The van der Waals surface area contributed by atoms with E-state index in [0.29, 0.717) is 17.2 Å². The Hall–Kier alpha value is -4.29. The molecule has 0 saturated heterocycles. The number of benzene rings is 1. The number of aliphatic hydroxyl groups excluding tert-OH is 1. The highest BCUT2D eigenvalue weighted by molar-refractivity contribution is 5.93. The highest BCUT2D eigenvalue weighted by Gasteiger charge is 2.29. The van der Waals surface area contributed by atoms with Crippen LogP contribution in [0, 0.1) is 11.3 Å². The fourth-order valence-electron chi connectivity index (χ4n) is 5.07. The van der Waals surface area contributed by atoms with E-state index < -0.39 is 12.2 Å². The zero-order valence-electron chi connectivity index (χ0n) is 19.4. The summed E-state index contributed by atoms with van der Waals surface area (Å²) < 4.78 is 2.04. The highest BCUT2D eigenvalue weighted by atomic mass is 16.4. The molecule has 2 fully saturated rings. The summed E-state index contributed by atoms with van der Waals surface area (Å²) in [6.45, 7) is 0. The van der Waals surface area contributed by atoms with Gasteiger partial charge in [-0.05, 0) is 80.0 Å². The number of rotatable bonds is 5. The second kappa shape index (κ2) is 8.73. The summed E-state index contributed by atoms with van der Waals surface area (Å²) >= 11 is 0. The average molecular weight is 481 g/mol. The van der Waals surface area contributed by atoms with Crippen molar-refractivity contribution < 1.29 is 15.0 Å². The van der Waals surface area contributed by atoms with Crippen LogP contribution >= 0.6 is 0 Å². The van der Waals surface area contributed by atoms with Crippen molar-refractivity contribution in [2.45, 2.75) is 50.2 Å². The minimum Gasteiger partial charge on any atom is -0.464 e. The van der Waals surface area contributed by atoms with Gasteiger partial charge >= 0.3 is 6.09 Å².